The molecule has 0 N–H and O–H groups in total. The van der Waals surface area contributed by atoms with Gasteiger partial charge in [-0.1, -0.05) is 18.2 Å². The van der Waals surface area contributed by atoms with Crippen molar-refractivity contribution in [2.75, 3.05) is 14.2 Å². The minimum atomic E-state index is -2.96. The maximum Gasteiger partial charge on any atom is 0.387 e. The van der Waals surface area contributed by atoms with E-state index in [9.17, 15) is 13.6 Å². The van der Waals surface area contributed by atoms with E-state index in [1.807, 2.05) is 0 Å². The molecule has 0 aliphatic heterocycles. The van der Waals surface area contributed by atoms with Gasteiger partial charge in [0.2, 0.25) is 0 Å². The summed E-state index contributed by atoms with van der Waals surface area (Å²) >= 11 is 3.30. The topological polar surface area (TPSA) is 54.0 Å². The summed E-state index contributed by atoms with van der Waals surface area (Å²) in [5.74, 6) is 0.0904. The highest BCUT2D eigenvalue weighted by molar-refractivity contribution is 9.10. The molecular weight excluding hydrogens is 402 g/mol. The Morgan fingerprint density at radius 1 is 1.08 bits per heavy atom. The number of carbonyl (C=O) groups is 1. The Kier molecular flexibility index (Phi) is 6.58. The summed E-state index contributed by atoms with van der Waals surface area (Å²) in [4.78, 5) is 12.3. The maximum absolute atomic E-state index is 12.4. The van der Waals surface area contributed by atoms with Crippen molar-refractivity contribution in [1.29, 1.82) is 0 Å². The smallest absolute Gasteiger partial charge is 0.387 e. The van der Waals surface area contributed by atoms with E-state index in [1.165, 1.54) is 38.5 Å². The van der Waals surface area contributed by atoms with E-state index in [0.717, 1.165) is 0 Å². The second kappa shape index (κ2) is 8.66. The predicted octanol–water partition coefficient (Wildman–Crippen LogP) is 4.42. The number of para-hydroxylation sites is 1. The van der Waals surface area contributed by atoms with E-state index in [4.69, 9.17) is 14.2 Å². The molecule has 0 amide bonds. The SMILES string of the molecule is COc1cc(C(=O)OCc2ccccc2OC(F)F)cc(OC)c1Br. The first kappa shape index (κ1) is 19.0. The molecule has 0 saturated carbocycles. The van der Waals surface area contributed by atoms with Crippen LogP contribution in [0.3, 0.4) is 0 Å². The van der Waals surface area contributed by atoms with Gasteiger partial charge in [0.05, 0.1) is 19.8 Å². The summed E-state index contributed by atoms with van der Waals surface area (Å²) in [6.45, 7) is -3.18. The van der Waals surface area contributed by atoms with Crippen LogP contribution < -0.4 is 14.2 Å². The van der Waals surface area contributed by atoms with E-state index in [1.54, 1.807) is 12.1 Å². The van der Waals surface area contributed by atoms with Crippen molar-refractivity contribution >= 4 is 21.9 Å². The van der Waals surface area contributed by atoms with Gasteiger partial charge in [-0.3, -0.25) is 0 Å². The third kappa shape index (κ3) is 4.82. The number of rotatable bonds is 7. The number of hydrogen-bond acceptors (Lipinski definition) is 5. The summed E-state index contributed by atoms with van der Waals surface area (Å²) in [6.07, 6.45) is 0. The van der Waals surface area contributed by atoms with Crippen molar-refractivity contribution in [3.8, 4) is 17.2 Å². The molecule has 5 nitrogen and oxygen atoms in total. The highest BCUT2D eigenvalue weighted by atomic mass is 79.9. The first-order valence-electron chi connectivity index (χ1n) is 7.07. The Balaban J connectivity index is 2.16. The van der Waals surface area contributed by atoms with Crippen LogP contribution in [0, 0.1) is 0 Å². The molecule has 134 valence electrons. The second-order valence-corrected chi connectivity index (χ2v) is 5.55. The highest BCUT2D eigenvalue weighted by Crippen LogP contribution is 2.36. The molecule has 0 unspecified atom stereocenters. The van der Waals surface area contributed by atoms with E-state index < -0.39 is 12.6 Å². The monoisotopic (exact) mass is 416 g/mol. The number of halogens is 3. The first-order valence-corrected chi connectivity index (χ1v) is 7.87. The Morgan fingerprint density at radius 3 is 2.24 bits per heavy atom. The molecule has 2 aromatic rings. The van der Waals surface area contributed by atoms with Crippen molar-refractivity contribution < 1.29 is 32.5 Å². The maximum atomic E-state index is 12.4. The zero-order valence-electron chi connectivity index (χ0n) is 13.4. The normalized spacial score (nSPS) is 10.5. The van der Waals surface area contributed by atoms with Crippen molar-refractivity contribution in [2.45, 2.75) is 13.2 Å². The molecule has 0 spiro atoms. The van der Waals surface area contributed by atoms with Crippen molar-refractivity contribution in [1.82, 2.24) is 0 Å². The van der Waals surface area contributed by atoms with Gasteiger partial charge in [-0.25, -0.2) is 4.79 Å². The molecule has 0 atom stereocenters. The Hall–Kier alpha value is -2.35. The summed E-state index contributed by atoms with van der Waals surface area (Å²) in [5.41, 5.74) is 0.524. The average Bonchev–Trinajstić information content (AvgIpc) is 2.60. The number of carbonyl (C=O) groups excluding carboxylic acids is 1. The zero-order valence-corrected chi connectivity index (χ0v) is 15.0. The van der Waals surface area contributed by atoms with Crippen LogP contribution in [0.1, 0.15) is 15.9 Å². The minimum Gasteiger partial charge on any atom is -0.495 e. The summed E-state index contributed by atoms with van der Waals surface area (Å²) in [6, 6.07) is 9.06. The molecule has 0 aliphatic carbocycles. The third-order valence-corrected chi connectivity index (χ3v) is 4.01. The number of hydrogen-bond donors (Lipinski definition) is 0. The number of methoxy groups -OCH3 is 2. The van der Waals surface area contributed by atoms with Crippen molar-refractivity contribution in [3.05, 3.63) is 52.0 Å². The zero-order chi connectivity index (χ0) is 18.4. The fourth-order valence-corrected chi connectivity index (χ4v) is 2.60. The van der Waals surface area contributed by atoms with Crippen molar-refractivity contribution in [3.63, 3.8) is 0 Å². The fourth-order valence-electron chi connectivity index (χ4n) is 2.05. The van der Waals surface area contributed by atoms with E-state index in [2.05, 4.69) is 20.7 Å². The van der Waals surface area contributed by atoms with Crippen LogP contribution in [0.5, 0.6) is 17.2 Å². The van der Waals surface area contributed by atoms with Gasteiger partial charge in [-0.15, -0.1) is 0 Å². The van der Waals surface area contributed by atoms with Crippen LogP contribution in [-0.4, -0.2) is 26.8 Å². The lowest BCUT2D eigenvalue weighted by Gasteiger charge is -2.13. The fraction of sp³-hybridized carbons (Fsp3) is 0.235. The molecule has 2 aromatic carbocycles. The number of alkyl halides is 2. The van der Waals surface area contributed by atoms with Gasteiger partial charge in [-0.2, -0.15) is 8.78 Å². The minimum absolute atomic E-state index is 0.0451. The molecule has 0 saturated heterocycles. The van der Waals surface area contributed by atoms with Crippen LogP contribution in [0.2, 0.25) is 0 Å². The molecule has 0 heterocycles. The van der Waals surface area contributed by atoms with E-state index >= 15 is 0 Å². The van der Waals surface area contributed by atoms with Gasteiger partial charge < -0.3 is 18.9 Å². The number of esters is 1. The Morgan fingerprint density at radius 2 is 1.68 bits per heavy atom. The molecule has 8 heteroatoms. The Labute approximate surface area is 151 Å². The second-order valence-electron chi connectivity index (χ2n) is 4.76. The van der Waals surface area contributed by atoms with Gasteiger partial charge >= 0.3 is 12.6 Å². The molecule has 0 aliphatic rings. The lowest BCUT2D eigenvalue weighted by Crippen LogP contribution is -2.09. The van der Waals surface area contributed by atoms with Crippen LogP contribution in [0.4, 0.5) is 8.78 Å². The summed E-state index contributed by atoms with van der Waals surface area (Å²) < 4.78 is 45.3. The quantitative estimate of drug-likeness (QED) is 0.625. The lowest BCUT2D eigenvalue weighted by atomic mass is 10.2. The van der Waals surface area contributed by atoms with Crippen molar-refractivity contribution in [2.24, 2.45) is 0 Å². The predicted molar refractivity (Wildman–Crippen MR) is 89.4 cm³/mol. The van der Waals surface area contributed by atoms with Gasteiger partial charge in [0.25, 0.3) is 0 Å². The molecule has 0 fully saturated rings. The van der Waals surface area contributed by atoms with Gasteiger partial charge in [0.1, 0.15) is 28.3 Å². The van der Waals surface area contributed by atoms with Gasteiger partial charge in [0, 0.05) is 5.56 Å². The van der Waals surface area contributed by atoms with E-state index in [-0.39, 0.29) is 17.9 Å². The molecule has 2 rings (SSSR count). The van der Waals surface area contributed by atoms with Gasteiger partial charge in [0.15, 0.2) is 0 Å². The van der Waals surface area contributed by atoms with Gasteiger partial charge in [-0.05, 0) is 34.1 Å². The van der Waals surface area contributed by atoms with Crippen LogP contribution in [0.25, 0.3) is 0 Å². The largest absolute Gasteiger partial charge is 0.495 e. The first-order chi connectivity index (χ1) is 12.0. The highest BCUT2D eigenvalue weighted by Gasteiger charge is 2.17. The molecule has 0 bridgehead atoms. The summed E-state index contributed by atoms with van der Waals surface area (Å²) in [7, 11) is 2.90. The Bertz CT molecular complexity index is 727. The van der Waals surface area contributed by atoms with E-state index in [0.29, 0.717) is 21.5 Å². The van der Waals surface area contributed by atoms with Crippen LogP contribution in [-0.2, 0) is 11.3 Å². The average molecular weight is 417 g/mol. The van der Waals surface area contributed by atoms with Crippen LogP contribution in [0.15, 0.2) is 40.9 Å². The molecule has 25 heavy (non-hydrogen) atoms. The lowest BCUT2D eigenvalue weighted by molar-refractivity contribution is -0.0510. The van der Waals surface area contributed by atoms with Crippen LogP contribution >= 0.6 is 15.9 Å². The molecule has 0 aromatic heterocycles. The molecular formula is C17H15BrF2O5. The molecule has 0 radical (unpaired) electrons. The number of benzene rings is 2. The number of ether oxygens (including phenoxy) is 4. The summed E-state index contributed by atoms with van der Waals surface area (Å²) in [5, 5.41) is 0. The standard InChI is InChI=1S/C17H15BrF2O5/c1-22-13-7-11(8-14(23-2)15(13)18)16(21)24-9-10-5-3-4-6-12(10)25-17(19)20/h3-8,17H,9H2,1-2H3. The third-order valence-electron chi connectivity index (χ3n) is 3.23.